The first kappa shape index (κ1) is 8.96. The maximum absolute atomic E-state index is 11.0. The summed E-state index contributed by atoms with van der Waals surface area (Å²) in [6.45, 7) is 0. The fraction of sp³-hybridized carbons (Fsp3) is 0.111. The topological polar surface area (TPSA) is 17.1 Å². The number of hydrogen-bond donors (Lipinski definition) is 0. The second-order valence-electron chi connectivity index (χ2n) is 2.43. The third kappa shape index (κ3) is 1.55. The predicted octanol–water partition coefficient (Wildman–Crippen LogP) is 1.63. The molecule has 1 aliphatic rings. The Kier molecular flexibility index (Phi) is 2.86. The molecule has 1 aromatic carbocycles. The molecule has 1 nitrogen and oxygen atoms in total. The van der Waals surface area contributed by atoms with Gasteiger partial charge in [-0.2, -0.15) is 6.42 Å². The van der Waals surface area contributed by atoms with Gasteiger partial charge >= 0.3 is 32.7 Å². The Bertz CT molecular complexity index is 281. The van der Waals surface area contributed by atoms with E-state index in [2.05, 4.69) is 0 Å². The zero-order valence-corrected chi connectivity index (χ0v) is 8.92. The van der Waals surface area contributed by atoms with E-state index in [1.807, 2.05) is 24.3 Å². The summed E-state index contributed by atoms with van der Waals surface area (Å²) in [5.41, 5.74) is 2.04. The molecule has 1 aromatic rings. The Hall–Kier alpha value is -0.136. The fourth-order valence-corrected chi connectivity index (χ4v) is 1.25. The summed E-state index contributed by atoms with van der Waals surface area (Å²) in [5, 5.41) is 0. The van der Waals surface area contributed by atoms with Crippen molar-refractivity contribution in [3.8, 4) is 0 Å². The van der Waals surface area contributed by atoms with E-state index in [9.17, 15) is 4.79 Å². The second kappa shape index (κ2) is 3.51. The molecule has 0 saturated carbocycles. The van der Waals surface area contributed by atoms with Crippen molar-refractivity contribution in [2.24, 2.45) is 0 Å². The van der Waals surface area contributed by atoms with E-state index in [0.29, 0.717) is 0 Å². The molecule has 0 aliphatic heterocycles. The molecule has 50 valence electrons. The van der Waals surface area contributed by atoms with Crippen molar-refractivity contribution >= 4 is 5.78 Å². The molecule has 0 fully saturated rings. The van der Waals surface area contributed by atoms with Gasteiger partial charge in [0.2, 0.25) is 0 Å². The van der Waals surface area contributed by atoms with Crippen LogP contribution in [0.1, 0.15) is 15.9 Å². The Morgan fingerprint density at radius 1 is 1.27 bits per heavy atom. The fourth-order valence-electron chi connectivity index (χ4n) is 1.25. The number of ketones is 1. The van der Waals surface area contributed by atoms with Crippen molar-refractivity contribution in [3.63, 3.8) is 0 Å². The number of rotatable bonds is 0. The quantitative estimate of drug-likeness (QED) is 0.607. The van der Waals surface area contributed by atoms with Crippen molar-refractivity contribution in [1.82, 2.24) is 0 Å². The van der Waals surface area contributed by atoms with Crippen molar-refractivity contribution < 1.29 is 37.5 Å². The van der Waals surface area contributed by atoms with Gasteiger partial charge in [-0.25, -0.2) is 0 Å². The van der Waals surface area contributed by atoms with Crippen LogP contribution in [0.5, 0.6) is 0 Å². The van der Waals surface area contributed by atoms with E-state index in [-0.39, 0.29) is 38.5 Å². The third-order valence-corrected chi connectivity index (χ3v) is 1.79. The van der Waals surface area contributed by atoms with Gasteiger partial charge in [-0.05, 0) is 0 Å². The molecule has 11 heavy (non-hydrogen) atoms. The Labute approximate surface area is 91.1 Å². The first-order valence-electron chi connectivity index (χ1n) is 3.33. The van der Waals surface area contributed by atoms with Crippen LogP contribution < -0.4 is 0 Å². The van der Waals surface area contributed by atoms with Crippen LogP contribution in [-0.4, -0.2) is 5.78 Å². The van der Waals surface area contributed by atoms with Crippen LogP contribution in [0, 0.1) is 6.42 Å². The summed E-state index contributed by atoms with van der Waals surface area (Å²) in [6, 6.07) is 7.74. The minimum absolute atomic E-state index is 0. The monoisotopic (exact) mass is 220 g/mol. The van der Waals surface area contributed by atoms with Crippen molar-refractivity contribution in [2.45, 2.75) is 6.42 Å². The third-order valence-electron chi connectivity index (χ3n) is 1.79. The van der Waals surface area contributed by atoms with Crippen LogP contribution in [0.25, 0.3) is 0 Å². The van der Waals surface area contributed by atoms with Crippen molar-refractivity contribution in [2.75, 3.05) is 0 Å². The van der Waals surface area contributed by atoms with E-state index < -0.39 is 0 Å². The van der Waals surface area contributed by atoms with E-state index in [1.165, 1.54) is 0 Å². The van der Waals surface area contributed by atoms with Crippen LogP contribution in [0.2, 0.25) is 0 Å². The average Bonchev–Trinajstić information content (AvgIpc) is 2.34. The summed E-state index contributed by atoms with van der Waals surface area (Å²) in [4.78, 5) is 11.0. The molecule has 1 aliphatic carbocycles. The number of hydrogen-bond acceptors (Lipinski definition) is 1. The van der Waals surface area contributed by atoms with E-state index in [1.54, 1.807) is 6.42 Å². The van der Waals surface area contributed by atoms with Gasteiger partial charge in [0.05, 0.1) is 0 Å². The molecule has 0 saturated heterocycles. The zero-order chi connectivity index (χ0) is 6.97. The summed E-state index contributed by atoms with van der Waals surface area (Å²) in [6.07, 6.45) is 2.54. The summed E-state index contributed by atoms with van der Waals surface area (Å²) >= 11 is 0. The average molecular weight is 220 g/mol. The van der Waals surface area contributed by atoms with Crippen LogP contribution >= 0.6 is 0 Å². The number of carbonyl (C=O) groups is 1. The van der Waals surface area contributed by atoms with Gasteiger partial charge in [-0.15, -0.1) is 17.2 Å². The molecule has 0 radical (unpaired) electrons. The smallest absolute Gasteiger partial charge is 0.332 e. The Morgan fingerprint density at radius 3 is 2.73 bits per heavy atom. The molecule has 0 N–H and O–H groups in total. The van der Waals surface area contributed by atoms with E-state index in [0.717, 1.165) is 17.5 Å². The van der Waals surface area contributed by atoms with E-state index >= 15 is 0 Å². The molecule has 0 heterocycles. The molecular weight excluding hydrogens is 213 g/mol. The molecule has 0 amide bonds. The van der Waals surface area contributed by atoms with Gasteiger partial charge in [-0.1, -0.05) is 24.6 Å². The normalized spacial score (nSPS) is 13.3. The van der Waals surface area contributed by atoms with Crippen LogP contribution in [0.4, 0.5) is 0 Å². The van der Waals surface area contributed by atoms with Crippen molar-refractivity contribution in [1.29, 1.82) is 0 Å². The number of benzene rings is 1. The first-order valence-corrected chi connectivity index (χ1v) is 3.33. The maximum atomic E-state index is 11.0. The minimum Gasteiger partial charge on any atom is -0.332 e. The van der Waals surface area contributed by atoms with Gasteiger partial charge in [0.1, 0.15) is 0 Å². The van der Waals surface area contributed by atoms with E-state index in [4.69, 9.17) is 0 Å². The standard InChI is InChI=1S/C9H7O.Y/c10-9-6-5-7-3-1-2-4-8(7)9;/h1-4,6H,5H2;/q-1;+3. The first-order chi connectivity index (χ1) is 4.88. The SMILES string of the molecule is O=C1[CH-]Cc2ccccc21.[Y+3]. The molecule has 0 bridgehead atoms. The summed E-state index contributed by atoms with van der Waals surface area (Å²) < 4.78 is 0. The van der Waals surface area contributed by atoms with Crippen LogP contribution in [0.15, 0.2) is 24.3 Å². The summed E-state index contributed by atoms with van der Waals surface area (Å²) in [7, 11) is 0. The predicted molar refractivity (Wildman–Crippen MR) is 38.8 cm³/mol. The van der Waals surface area contributed by atoms with Crippen LogP contribution in [0.3, 0.4) is 0 Å². The maximum Gasteiger partial charge on any atom is 3.00 e. The molecule has 0 unspecified atom stereocenters. The second-order valence-corrected chi connectivity index (χ2v) is 2.43. The van der Waals surface area contributed by atoms with Gasteiger partial charge in [0.25, 0.3) is 0 Å². The molecule has 0 atom stereocenters. The number of Topliss-reactive ketones (excluding diaryl/α,β-unsaturated/α-hetero) is 1. The molecular formula is C9H7OY+2. The van der Waals surface area contributed by atoms with Gasteiger partial charge < -0.3 is 4.79 Å². The number of carbonyl (C=O) groups excluding carboxylic acids is 1. The molecule has 0 aromatic heterocycles. The van der Waals surface area contributed by atoms with Gasteiger partial charge in [0.15, 0.2) is 0 Å². The van der Waals surface area contributed by atoms with Gasteiger partial charge in [0, 0.05) is 5.78 Å². The molecule has 0 spiro atoms. The number of fused-ring (bicyclic) bond motifs is 1. The molecule has 2 heteroatoms. The zero-order valence-electron chi connectivity index (χ0n) is 6.08. The summed E-state index contributed by atoms with van der Waals surface area (Å²) in [5.74, 6) is 0.176. The Morgan fingerprint density at radius 2 is 2.00 bits per heavy atom. The van der Waals surface area contributed by atoms with Crippen molar-refractivity contribution in [3.05, 3.63) is 41.8 Å². The van der Waals surface area contributed by atoms with Gasteiger partial charge in [-0.3, -0.25) is 0 Å². The van der Waals surface area contributed by atoms with Crippen LogP contribution in [-0.2, 0) is 39.1 Å². The molecule has 2 rings (SSSR count). The largest absolute Gasteiger partial charge is 3.00 e. The Balaban J connectivity index is 0.000000605. The minimum atomic E-state index is 0.